The van der Waals surface area contributed by atoms with Crippen molar-refractivity contribution in [3.05, 3.63) is 28.8 Å². The van der Waals surface area contributed by atoms with Crippen molar-refractivity contribution in [1.29, 1.82) is 0 Å². The van der Waals surface area contributed by atoms with Gasteiger partial charge in [0.05, 0.1) is 20.1 Å². The molecule has 0 saturated carbocycles. The number of ether oxygens (including phenoxy) is 1. The summed E-state index contributed by atoms with van der Waals surface area (Å²) in [6.45, 7) is 2.79. The lowest BCUT2D eigenvalue weighted by atomic mass is 10.1. The Hall–Kier alpha value is -2.12. The minimum absolute atomic E-state index is 0.000572. The maximum absolute atomic E-state index is 12.2. The highest BCUT2D eigenvalue weighted by molar-refractivity contribution is 6.31. The van der Waals surface area contributed by atoms with E-state index in [-0.39, 0.29) is 24.8 Å². The van der Waals surface area contributed by atoms with Gasteiger partial charge in [-0.05, 0) is 24.6 Å². The third-order valence-electron chi connectivity index (χ3n) is 3.83. The summed E-state index contributed by atoms with van der Waals surface area (Å²) >= 11 is 6.04. The SMILES string of the molecule is COC(=O)C[C@@H]1C(=O)NCCN1CC(=O)Nc1ccc(C)c(Cl)c1. The molecule has 0 spiro atoms. The molecule has 2 N–H and O–H groups in total. The molecule has 0 radical (unpaired) electrons. The van der Waals surface area contributed by atoms with E-state index in [1.807, 2.05) is 13.0 Å². The Morgan fingerprint density at radius 3 is 2.88 bits per heavy atom. The first-order valence-corrected chi connectivity index (χ1v) is 7.93. The van der Waals surface area contributed by atoms with Crippen LogP contribution >= 0.6 is 11.6 Å². The fourth-order valence-corrected chi connectivity index (χ4v) is 2.65. The molecule has 2 amide bonds. The molecule has 8 heteroatoms. The molecule has 1 aliphatic heterocycles. The quantitative estimate of drug-likeness (QED) is 0.769. The molecule has 24 heavy (non-hydrogen) atoms. The Bertz CT molecular complexity index is 650. The molecule has 1 aliphatic rings. The number of amides is 2. The first-order valence-electron chi connectivity index (χ1n) is 7.55. The maximum atomic E-state index is 12.2. The number of methoxy groups -OCH3 is 1. The number of rotatable bonds is 5. The van der Waals surface area contributed by atoms with Gasteiger partial charge in [0, 0.05) is 23.8 Å². The predicted molar refractivity (Wildman–Crippen MR) is 89.8 cm³/mol. The average Bonchev–Trinajstić information content (AvgIpc) is 2.54. The largest absolute Gasteiger partial charge is 0.469 e. The van der Waals surface area contributed by atoms with Gasteiger partial charge in [-0.15, -0.1) is 0 Å². The molecule has 0 bridgehead atoms. The summed E-state index contributed by atoms with van der Waals surface area (Å²) in [4.78, 5) is 37.3. The maximum Gasteiger partial charge on any atom is 0.307 e. The summed E-state index contributed by atoms with van der Waals surface area (Å²) in [5.41, 5.74) is 1.50. The number of anilines is 1. The molecule has 1 aromatic carbocycles. The molecule has 130 valence electrons. The van der Waals surface area contributed by atoms with E-state index >= 15 is 0 Å². The van der Waals surface area contributed by atoms with Crippen molar-refractivity contribution in [1.82, 2.24) is 10.2 Å². The number of carbonyl (C=O) groups is 3. The molecule has 1 aromatic rings. The zero-order valence-electron chi connectivity index (χ0n) is 13.6. The van der Waals surface area contributed by atoms with Crippen LogP contribution in [0.25, 0.3) is 0 Å². The highest BCUT2D eigenvalue weighted by Crippen LogP contribution is 2.20. The Morgan fingerprint density at radius 1 is 1.46 bits per heavy atom. The van der Waals surface area contributed by atoms with E-state index in [0.29, 0.717) is 23.8 Å². The normalized spacial score (nSPS) is 18.0. The second kappa shape index (κ2) is 8.12. The first-order chi connectivity index (χ1) is 11.4. The predicted octanol–water partition coefficient (Wildman–Crippen LogP) is 0.950. The van der Waals surface area contributed by atoms with Crippen LogP contribution in [-0.2, 0) is 19.1 Å². The van der Waals surface area contributed by atoms with Crippen molar-refractivity contribution in [3.63, 3.8) is 0 Å². The van der Waals surface area contributed by atoms with E-state index < -0.39 is 12.0 Å². The van der Waals surface area contributed by atoms with Crippen LogP contribution in [-0.4, -0.2) is 55.5 Å². The summed E-state index contributed by atoms with van der Waals surface area (Å²) in [7, 11) is 1.27. The molecule has 7 nitrogen and oxygen atoms in total. The van der Waals surface area contributed by atoms with Crippen molar-refractivity contribution in [2.75, 3.05) is 32.1 Å². The van der Waals surface area contributed by atoms with Crippen molar-refractivity contribution in [2.45, 2.75) is 19.4 Å². The summed E-state index contributed by atoms with van der Waals surface area (Å²) in [5.74, 6) is -1.05. The van der Waals surface area contributed by atoms with Gasteiger partial charge in [-0.1, -0.05) is 17.7 Å². The standard InChI is InChI=1S/C16H20ClN3O4/c1-10-3-4-11(7-12(10)17)19-14(21)9-20-6-5-18-16(23)13(20)8-15(22)24-2/h3-4,7,13H,5-6,8-9H2,1-2H3,(H,18,23)(H,19,21)/t13-/m1/s1. The number of hydrogen-bond donors (Lipinski definition) is 2. The summed E-state index contributed by atoms with van der Waals surface area (Å²) < 4.78 is 4.61. The number of nitrogens with zero attached hydrogens (tertiary/aromatic N) is 1. The molecular weight excluding hydrogens is 334 g/mol. The van der Waals surface area contributed by atoms with Gasteiger partial charge in [-0.25, -0.2) is 0 Å². The van der Waals surface area contributed by atoms with Gasteiger partial charge in [0.25, 0.3) is 0 Å². The molecule has 0 aromatic heterocycles. The van der Waals surface area contributed by atoms with Crippen molar-refractivity contribution < 1.29 is 19.1 Å². The van der Waals surface area contributed by atoms with E-state index in [1.54, 1.807) is 17.0 Å². The number of piperazine rings is 1. The van der Waals surface area contributed by atoms with Gasteiger partial charge in [-0.2, -0.15) is 0 Å². The summed E-state index contributed by atoms with van der Waals surface area (Å²) in [6.07, 6.45) is -0.0913. The molecule has 0 aliphatic carbocycles. The van der Waals surface area contributed by atoms with Crippen molar-refractivity contribution in [3.8, 4) is 0 Å². The fraction of sp³-hybridized carbons (Fsp3) is 0.438. The minimum Gasteiger partial charge on any atom is -0.469 e. The number of carbonyl (C=O) groups excluding carboxylic acids is 3. The highest BCUT2D eigenvalue weighted by Gasteiger charge is 2.33. The van der Waals surface area contributed by atoms with E-state index in [2.05, 4.69) is 15.4 Å². The monoisotopic (exact) mass is 353 g/mol. The average molecular weight is 354 g/mol. The summed E-state index contributed by atoms with van der Waals surface area (Å²) in [6, 6.07) is 4.53. The Balaban J connectivity index is 2.00. The van der Waals surface area contributed by atoms with Crippen LogP contribution in [0.1, 0.15) is 12.0 Å². The number of nitrogens with one attached hydrogen (secondary N) is 2. The number of benzene rings is 1. The molecule has 1 heterocycles. The van der Waals surface area contributed by atoms with Gasteiger partial charge >= 0.3 is 5.97 Å². The second-order valence-corrected chi connectivity index (χ2v) is 5.98. The molecule has 1 atom stereocenters. The Kier molecular flexibility index (Phi) is 6.16. The highest BCUT2D eigenvalue weighted by atomic mass is 35.5. The molecule has 1 fully saturated rings. The van der Waals surface area contributed by atoms with Crippen LogP contribution in [0.15, 0.2) is 18.2 Å². The zero-order valence-corrected chi connectivity index (χ0v) is 14.4. The lowest BCUT2D eigenvalue weighted by Crippen LogP contribution is -2.57. The van der Waals surface area contributed by atoms with E-state index in [4.69, 9.17) is 11.6 Å². The first kappa shape index (κ1) is 18.2. The van der Waals surface area contributed by atoms with Gasteiger partial charge in [0.2, 0.25) is 11.8 Å². The molecule has 0 unspecified atom stereocenters. The van der Waals surface area contributed by atoms with E-state index in [0.717, 1.165) is 5.56 Å². The Labute approximate surface area is 145 Å². The number of halogens is 1. The number of aryl methyl sites for hydroxylation is 1. The lowest BCUT2D eigenvalue weighted by Gasteiger charge is -2.33. The smallest absolute Gasteiger partial charge is 0.307 e. The van der Waals surface area contributed by atoms with Crippen LogP contribution in [0.3, 0.4) is 0 Å². The van der Waals surface area contributed by atoms with Crippen LogP contribution in [0.4, 0.5) is 5.69 Å². The van der Waals surface area contributed by atoms with Crippen LogP contribution in [0.5, 0.6) is 0 Å². The topological polar surface area (TPSA) is 87.7 Å². The minimum atomic E-state index is -0.710. The van der Waals surface area contributed by atoms with Gasteiger partial charge in [-0.3, -0.25) is 19.3 Å². The summed E-state index contributed by atoms with van der Waals surface area (Å²) in [5, 5.41) is 6.00. The van der Waals surface area contributed by atoms with Gasteiger partial charge in [0.1, 0.15) is 6.04 Å². The Morgan fingerprint density at radius 2 is 2.21 bits per heavy atom. The van der Waals surface area contributed by atoms with E-state index in [1.165, 1.54) is 7.11 Å². The van der Waals surface area contributed by atoms with Crippen LogP contribution in [0, 0.1) is 6.92 Å². The van der Waals surface area contributed by atoms with Gasteiger partial charge < -0.3 is 15.4 Å². The van der Waals surface area contributed by atoms with Crippen LogP contribution < -0.4 is 10.6 Å². The van der Waals surface area contributed by atoms with Crippen LogP contribution in [0.2, 0.25) is 5.02 Å². The second-order valence-electron chi connectivity index (χ2n) is 5.57. The lowest BCUT2D eigenvalue weighted by molar-refractivity contribution is -0.146. The van der Waals surface area contributed by atoms with E-state index in [9.17, 15) is 14.4 Å². The van der Waals surface area contributed by atoms with Crippen molar-refractivity contribution >= 4 is 35.1 Å². The third kappa shape index (κ3) is 4.69. The third-order valence-corrected chi connectivity index (χ3v) is 4.24. The zero-order chi connectivity index (χ0) is 17.7. The van der Waals surface area contributed by atoms with Gasteiger partial charge in [0.15, 0.2) is 0 Å². The number of hydrogen-bond acceptors (Lipinski definition) is 5. The molecule has 1 saturated heterocycles. The van der Waals surface area contributed by atoms with Crippen molar-refractivity contribution in [2.24, 2.45) is 0 Å². The molecule has 2 rings (SSSR count). The molecular formula is C16H20ClN3O4. The fourth-order valence-electron chi connectivity index (χ4n) is 2.47. The number of esters is 1.